The van der Waals surface area contributed by atoms with E-state index in [0.717, 1.165) is 17.2 Å². The minimum atomic E-state index is -0.0786. The Bertz CT molecular complexity index is 821. The number of carbonyl (C=O) groups excluding carboxylic acids is 1. The molecule has 0 radical (unpaired) electrons. The van der Waals surface area contributed by atoms with Gasteiger partial charge in [-0.25, -0.2) is 14.8 Å². The fourth-order valence-electron chi connectivity index (χ4n) is 2.87. The van der Waals surface area contributed by atoms with Crippen LogP contribution in [0.15, 0.2) is 36.7 Å². The molecule has 0 unspecified atom stereocenters. The van der Waals surface area contributed by atoms with Crippen LogP contribution in [0, 0.1) is 11.3 Å². The number of nitriles is 1. The van der Waals surface area contributed by atoms with Crippen LogP contribution in [-0.4, -0.2) is 61.2 Å². The molecule has 8 heteroatoms. The first kappa shape index (κ1) is 18.5. The van der Waals surface area contributed by atoms with Crippen LogP contribution in [0.25, 0.3) is 0 Å². The second-order valence-electron chi connectivity index (χ2n) is 6.57. The Kier molecular flexibility index (Phi) is 5.71. The van der Waals surface area contributed by atoms with E-state index in [9.17, 15) is 4.79 Å². The van der Waals surface area contributed by atoms with E-state index in [1.807, 2.05) is 31.1 Å². The number of aromatic nitrogens is 2. The van der Waals surface area contributed by atoms with Crippen LogP contribution < -0.4 is 15.1 Å². The largest absolute Gasteiger partial charge is 0.363 e. The van der Waals surface area contributed by atoms with Gasteiger partial charge in [-0.05, 0) is 23.8 Å². The Morgan fingerprint density at radius 2 is 2.00 bits per heavy atom. The maximum Gasteiger partial charge on any atom is 0.317 e. The molecule has 1 aliphatic rings. The number of amides is 2. The first-order chi connectivity index (χ1) is 13.1. The number of pyridine rings is 2. The lowest BCUT2D eigenvalue weighted by Crippen LogP contribution is -2.51. The molecule has 1 N–H and O–H groups in total. The number of rotatable bonds is 4. The summed E-state index contributed by atoms with van der Waals surface area (Å²) in [6.45, 7) is 3.05. The summed E-state index contributed by atoms with van der Waals surface area (Å²) in [6, 6.07) is 9.41. The van der Waals surface area contributed by atoms with E-state index in [2.05, 4.69) is 26.3 Å². The molecule has 8 nitrogen and oxygen atoms in total. The topological polar surface area (TPSA) is 88.4 Å². The number of nitrogens with zero attached hydrogens (tertiary/aromatic N) is 6. The van der Waals surface area contributed by atoms with Gasteiger partial charge < -0.3 is 20.0 Å². The van der Waals surface area contributed by atoms with Crippen LogP contribution in [0.5, 0.6) is 0 Å². The van der Waals surface area contributed by atoms with E-state index >= 15 is 0 Å². The molecule has 0 bridgehead atoms. The summed E-state index contributed by atoms with van der Waals surface area (Å²) in [6.07, 6.45) is 3.42. The van der Waals surface area contributed by atoms with Crippen molar-refractivity contribution in [3.8, 4) is 6.07 Å². The smallest absolute Gasteiger partial charge is 0.317 e. The number of piperazine rings is 1. The number of carbonyl (C=O) groups is 1. The van der Waals surface area contributed by atoms with Gasteiger partial charge in [-0.15, -0.1) is 0 Å². The highest BCUT2D eigenvalue weighted by Crippen LogP contribution is 2.15. The van der Waals surface area contributed by atoms with Gasteiger partial charge in [0.05, 0.1) is 11.6 Å². The third-order valence-corrected chi connectivity index (χ3v) is 4.48. The second kappa shape index (κ2) is 8.36. The van der Waals surface area contributed by atoms with Gasteiger partial charge >= 0.3 is 6.03 Å². The van der Waals surface area contributed by atoms with Gasteiger partial charge in [0.15, 0.2) is 0 Å². The number of anilines is 2. The van der Waals surface area contributed by atoms with Crippen LogP contribution in [0.4, 0.5) is 16.4 Å². The summed E-state index contributed by atoms with van der Waals surface area (Å²) >= 11 is 0. The quantitative estimate of drug-likeness (QED) is 0.882. The normalized spacial score (nSPS) is 13.8. The molecular formula is C19H23N7O. The highest BCUT2D eigenvalue weighted by Gasteiger charge is 2.21. The predicted octanol–water partition coefficient (Wildman–Crippen LogP) is 1.45. The van der Waals surface area contributed by atoms with Crippen LogP contribution in [0.1, 0.15) is 11.1 Å². The lowest BCUT2D eigenvalue weighted by molar-refractivity contribution is 0.194. The van der Waals surface area contributed by atoms with Gasteiger partial charge in [-0.1, -0.05) is 6.07 Å². The summed E-state index contributed by atoms with van der Waals surface area (Å²) in [5, 5.41) is 12.0. The zero-order chi connectivity index (χ0) is 19.2. The Labute approximate surface area is 159 Å². The van der Waals surface area contributed by atoms with Gasteiger partial charge in [0.2, 0.25) is 0 Å². The van der Waals surface area contributed by atoms with Crippen molar-refractivity contribution in [2.45, 2.75) is 6.54 Å². The Morgan fingerprint density at radius 1 is 1.22 bits per heavy atom. The van der Waals surface area contributed by atoms with Crippen molar-refractivity contribution in [1.82, 2.24) is 20.2 Å². The first-order valence-corrected chi connectivity index (χ1v) is 8.83. The highest BCUT2D eigenvalue weighted by molar-refractivity contribution is 5.74. The maximum atomic E-state index is 12.4. The zero-order valence-corrected chi connectivity index (χ0v) is 15.6. The summed E-state index contributed by atoms with van der Waals surface area (Å²) < 4.78 is 0. The Hall–Kier alpha value is -3.34. The molecule has 3 heterocycles. The molecule has 140 valence electrons. The van der Waals surface area contributed by atoms with Gasteiger partial charge in [-0.3, -0.25) is 0 Å². The number of nitrogens with one attached hydrogen (secondary N) is 1. The third kappa shape index (κ3) is 4.64. The molecule has 3 rings (SSSR count). The third-order valence-electron chi connectivity index (χ3n) is 4.48. The van der Waals surface area contributed by atoms with Gasteiger partial charge in [0.1, 0.15) is 11.6 Å². The highest BCUT2D eigenvalue weighted by atomic mass is 16.2. The molecule has 0 aromatic carbocycles. The molecule has 1 fully saturated rings. The minimum Gasteiger partial charge on any atom is -0.363 e. The summed E-state index contributed by atoms with van der Waals surface area (Å²) in [7, 11) is 3.88. The Morgan fingerprint density at radius 3 is 2.63 bits per heavy atom. The second-order valence-corrected chi connectivity index (χ2v) is 6.57. The van der Waals surface area contributed by atoms with Crippen molar-refractivity contribution >= 4 is 17.7 Å². The molecule has 0 atom stereocenters. The van der Waals surface area contributed by atoms with Crippen molar-refractivity contribution in [3.63, 3.8) is 0 Å². The van der Waals surface area contributed by atoms with Crippen molar-refractivity contribution in [2.75, 3.05) is 50.1 Å². The Balaban J connectivity index is 1.49. The SMILES string of the molecule is CN(C)c1ccc(CNC(=O)N2CCN(c3cc(C#N)ccn3)CC2)cn1. The van der Waals surface area contributed by atoms with Crippen LogP contribution >= 0.6 is 0 Å². The molecule has 1 aliphatic heterocycles. The maximum absolute atomic E-state index is 12.4. The molecule has 27 heavy (non-hydrogen) atoms. The fraction of sp³-hybridized carbons (Fsp3) is 0.368. The number of hydrogen-bond donors (Lipinski definition) is 1. The predicted molar refractivity (Wildman–Crippen MR) is 104 cm³/mol. The van der Waals surface area contributed by atoms with E-state index in [1.54, 1.807) is 29.4 Å². The molecule has 2 aromatic rings. The van der Waals surface area contributed by atoms with Crippen molar-refractivity contribution in [2.24, 2.45) is 0 Å². The summed E-state index contributed by atoms with van der Waals surface area (Å²) in [4.78, 5) is 26.9. The molecule has 2 amide bonds. The van der Waals surface area contributed by atoms with Crippen molar-refractivity contribution < 1.29 is 4.79 Å². The average molecular weight is 365 g/mol. The number of urea groups is 1. The molecular weight excluding hydrogens is 342 g/mol. The molecule has 1 saturated heterocycles. The van der Waals surface area contributed by atoms with Crippen LogP contribution in [0.3, 0.4) is 0 Å². The minimum absolute atomic E-state index is 0.0786. The van der Waals surface area contributed by atoms with E-state index < -0.39 is 0 Å². The molecule has 0 saturated carbocycles. The zero-order valence-electron chi connectivity index (χ0n) is 15.6. The molecule has 0 spiro atoms. The summed E-state index contributed by atoms with van der Waals surface area (Å²) in [5.41, 5.74) is 1.55. The monoisotopic (exact) mass is 365 g/mol. The van der Waals surface area contributed by atoms with Crippen LogP contribution in [-0.2, 0) is 6.54 Å². The average Bonchev–Trinajstić information content (AvgIpc) is 2.72. The summed E-state index contributed by atoms with van der Waals surface area (Å²) in [5.74, 6) is 1.66. The fourth-order valence-corrected chi connectivity index (χ4v) is 2.87. The van der Waals surface area contributed by atoms with E-state index in [4.69, 9.17) is 5.26 Å². The van der Waals surface area contributed by atoms with Crippen LogP contribution in [0.2, 0.25) is 0 Å². The van der Waals surface area contributed by atoms with Crippen molar-refractivity contribution in [3.05, 3.63) is 47.8 Å². The van der Waals surface area contributed by atoms with Gasteiger partial charge in [0, 0.05) is 59.2 Å². The molecule has 0 aliphatic carbocycles. The first-order valence-electron chi connectivity index (χ1n) is 8.83. The van der Waals surface area contributed by atoms with Gasteiger partial charge in [0.25, 0.3) is 0 Å². The van der Waals surface area contributed by atoms with Crippen molar-refractivity contribution in [1.29, 1.82) is 5.26 Å². The standard InChI is InChI=1S/C19H23N7O/c1-24(2)17-4-3-16(13-22-17)14-23-19(27)26-9-7-25(8-10-26)18-11-15(12-20)5-6-21-18/h3-6,11,13H,7-10,14H2,1-2H3,(H,23,27). The number of hydrogen-bond acceptors (Lipinski definition) is 6. The molecule has 2 aromatic heterocycles. The lowest BCUT2D eigenvalue weighted by atomic mass is 10.2. The lowest BCUT2D eigenvalue weighted by Gasteiger charge is -2.35. The van der Waals surface area contributed by atoms with E-state index in [0.29, 0.717) is 38.3 Å². The van der Waals surface area contributed by atoms with E-state index in [-0.39, 0.29) is 6.03 Å². The van der Waals surface area contributed by atoms with Gasteiger partial charge in [-0.2, -0.15) is 5.26 Å². The van der Waals surface area contributed by atoms with E-state index in [1.165, 1.54) is 0 Å².